The Morgan fingerprint density at radius 1 is 0.941 bits per heavy atom. The van der Waals surface area contributed by atoms with Crippen LogP contribution in [0.15, 0.2) is 48.5 Å². The number of likely N-dealkylation sites (tertiary alicyclic amines) is 1. The standard InChI is InChI=1S/C25H32N4O5/c1-3-33-21-11-10-18(16-22(21)34-4-2)24(31)26-17-23(30)29-14-12-20(13-15-29)28-25(32)27-19-8-6-5-7-9-19/h5-11,16,20H,3-4,12-15,17H2,1-2H3,(H,26,31)(H2,27,28,32). The molecule has 0 spiro atoms. The van der Waals surface area contributed by atoms with E-state index in [1.807, 2.05) is 44.2 Å². The van der Waals surface area contributed by atoms with E-state index in [1.165, 1.54) is 0 Å². The molecule has 3 rings (SSSR count). The van der Waals surface area contributed by atoms with Gasteiger partial charge in [0.15, 0.2) is 11.5 Å². The van der Waals surface area contributed by atoms with E-state index >= 15 is 0 Å². The number of nitrogens with one attached hydrogen (secondary N) is 3. The first-order valence-electron chi connectivity index (χ1n) is 11.6. The van der Waals surface area contributed by atoms with Crippen molar-refractivity contribution in [2.75, 3.05) is 38.2 Å². The Kier molecular flexibility index (Phi) is 9.13. The van der Waals surface area contributed by atoms with E-state index in [9.17, 15) is 14.4 Å². The van der Waals surface area contributed by atoms with Gasteiger partial charge in [-0.1, -0.05) is 18.2 Å². The summed E-state index contributed by atoms with van der Waals surface area (Å²) in [6.45, 7) is 5.61. The van der Waals surface area contributed by atoms with Gasteiger partial charge in [0.25, 0.3) is 5.91 Å². The maximum absolute atomic E-state index is 12.6. The number of para-hydroxylation sites is 1. The summed E-state index contributed by atoms with van der Waals surface area (Å²) in [6.07, 6.45) is 1.30. The molecule has 34 heavy (non-hydrogen) atoms. The fourth-order valence-electron chi connectivity index (χ4n) is 3.71. The van der Waals surface area contributed by atoms with Crippen molar-refractivity contribution in [1.29, 1.82) is 0 Å². The molecule has 0 atom stereocenters. The van der Waals surface area contributed by atoms with Crippen molar-refractivity contribution in [3.8, 4) is 11.5 Å². The van der Waals surface area contributed by atoms with Crippen molar-refractivity contribution >= 4 is 23.5 Å². The van der Waals surface area contributed by atoms with Crippen LogP contribution < -0.4 is 25.4 Å². The number of nitrogens with zero attached hydrogens (tertiary/aromatic N) is 1. The first-order chi connectivity index (χ1) is 16.5. The molecule has 0 radical (unpaired) electrons. The van der Waals surface area contributed by atoms with Gasteiger partial charge in [0.1, 0.15) is 0 Å². The molecule has 0 unspecified atom stereocenters. The lowest BCUT2D eigenvalue weighted by Crippen LogP contribution is -2.49. The average molecular weight is 469 g/mol. The predicted molar refractivity (Wildman–Crippen MR) is 129 cm³/mol. The summed E-state index contributed by atoms with van der Waals surface area (Å²) >= 11 is 0. The minimum atomic E-state index is -0.355. The van der Waals surface area contributed by atoms with Gasteiger partial charge in [-0.05, 0) is 57.0 Å². The summed E-state index contributed by atoms with van der Waals surface area (Å²) in [5.74, 6) is 0.558. The van der Waals surface area contributed by atoms with Gasteiger partial charge in [0, 0.05) is 30.4 Å². The minimum absolute atomic E-state index is 0.0109. The van der Waals surface area contributed by atoms with Crippen molar-refractivity contribution in [3.63, 3.8) is 0 Å². The van der Waals surface area contributed by atoms with Crippen LogP contribution in [0.2, 0.25) is 0 Å². The number of benzene rings is 2. The van der Waals surface area contributed by atoms with Crippen LogP contribution in [0.1, 0.15) is 37.0 Å². The Bertz CT molecular complexity index is 975. The van der Waals surface area contributed by atoms with Gasteiger partial charge in [0.2, 0.25) is 5.91 Å². The Morgan fingerprint density at radius 2 is 1.62 bits per heavy atom. The van der Waals surface area contributed by atoms with E-state index in [2.05, 4.69) is 16.0 Å². The van der Waals surface area contributed by atoms with E-state index in [-0.39, 0.29) is 30.4 Å². The predicted octanol–water partition coefficient (Wildman–Crippen LogP) is 3.03. The number of carbonyl (C=O) groups excluding carboxylic acids is 3. The molecule has 1 saturated heterocycles. The lowest BCUT2D eigenvalue weighted by molar-refractivity contribution is -0.131. The maximum Gasteiger partial charge on any atom is 0.319 e. The van der Waals surface area contributed by atoms with Crippen molar-refractivity contribution in [1.82, 2.24) is 15.5 Å². The normalized spacial score (nSPS) is 13.6. The first-order valence-corrected chi connectivity index (χ1v) is 11.6. The lowest BCUT2D eigenvalue weighted by atomic mass is 10.1. The largest absolute Gasteiger partial charge is 0.490 e. The van der Waals surface area contributed by atoms with Gasteiger partial charge >= 0.3 is 6.03 Å². The molecule has 4 amide bonds. The van der Waals surface area contributed by atoms with Crippen molar-refractivity contribution in [2.45, 2.75) is 32.7 Å². The second kappa shape index (κ2) is 12.5. The van der Waals surface area contributed by atoms with Crippen molar-refractivity contribution in [3.05, 3.63) is 54.1 Å². The molecular weight excluding hydrogens is 436 g/mol. The number of urea groups is 1. The zero-order valence-corrected chi connectivity index (χ0v) is 19.6. The third-order valence-corrected chi connectivity index (χ3v) is 5.42. The van der Waals surface area contributed by atoms with E-state index in [0.717, 1.165) is 5.69 Å². The zero-order valence-electron chi connectivity index (χ0n) is 19.6. The summed E-state index contributed by atoms with van der Waals surface area (Å²) in [5, 5.41) is 8.43. The molecule has 2 aromatic carbocycles. The van der Waals surface area contributed by atoms with E-state index in [1.54, 1.807) is 23.1 Å². The number of rotatable bonds is 9. The molecule has 3 N–H and O–H groups in total. The van der Waals surface area contributed by atoms with Crippen LogP contribution >= 0.6 is 0 Å². The topological polar surface area (TPSA) is 109 Å². The second-order valence-electron chi connectivity index (χ2n) is 7.83. The van der Waals surface area contributed by atoms with Crippen LogP contribution in [0.4, 0.5) is 10.5 Å². The molecule has 2 aromatic rings. The molecule has 1 fully saturated rings. The number of hydrogen-bond acceptors (Lipinski definition) is 5. The molecule has 1 aliphatic rings. The van der Waals surface area contributed by atoms with Crippen LogP contribution in [0, 0.1) is 0 Å². The smallest absolute Gasteiger partial charge is 0.319 e. The number of ether oxygens (including phenoxy) is 2. The Labute approximate surface area is 199 Å². The highest BCUT2D eigenvalue weighted by molar-refractivity contribution is 5.97. The van der Waals surface area contributed by atoms with E-state index < -0.39 is 0 Å². The number of piperidine rings is 1. The van der Waals surface area contributed by atoms with Crippen LogP contribution in [0.5, 0.6) is 11.5 Å². The van der Waals surface area contributed by atoms with Crippen LogP contribution in [0.3, 0.4) is 0 Å². The first kappa shape index (κ1) is 24.9. The zero-order chi connectivity index (χ0) is 24.3. The summed E-state index contributed by atoms with van der Waals surface area (Å²) in [4.78, 5) is 39.0. The molecule has 0 saturated carbocycles. The van der Waals surface area contributed by atoms with Crippen LogP contribution in [-0.2, 0) is 4.79 Å². The van der Waals surface area contributed by atoms with Crippen molar-refractivity contribution in [2.24, 2.45) is 0 Å². The molecule has 0 aliphatic carbocycles. The van der Waals surface area contributed by atoms with Crippen molar-refractivity contribution < 1.29 is 23.9 Å². The Morgan fingerprint density at radius 3 is 2.29 bits per heavy atom. The highest BCUT2D eigenvalue weighted by atomic mass is 16.5. The van der Waals surface area contributed by atoms with Crippen LogP contribution in [-0.4, -0.2) is 61.6 Å². The molecule has 1 heterocycles. The second-order valence-corrected chi connectivity index (χ2v) is 7.83. The fraction of sp³-hybridized carbons (Fsp3) is 0.400. The number of amides is 4. The minimum Gasteiger partial charge on any atom is -0.490 e. The van der Waals surface area contributed by atoms with E-state index in [0.29, 0.717) is 56.2 Å². The SMILES string of the molecule is CCOc1ccc(C(=O)NCC(=O)N2CCC(NC(=O)Nc3ccccc3)CC2)cc1OCC. The summed E-state index contributed by atoms with van der Waals surface area (Å²) in [7, 11) is 0. The van der Waals surface area contributed by atoms with Gasteiger partial charge < -0.3 is 30.3 Å². The molecule has 9 nitrogen and oxygen atoms in total. The summed E-state index contributed by atoms with van der Waals surface area (Å²) < 4.78 is 11.1. The van der Waals surface area contributed by atoms with Gasteiger partial charge in [-0.3, -0.25) is 9.59 Å². The fourth-order valence-corrected chi connectivity index (χ4v) is 3.71. The highest BCUT2D eigenvalue weighted by Crippen LogP contribution is 2.28. The van der Waals surface area contributed by atoms with Gasteiger partial charge in [-0.15, -0.1) is 0 Å². The third kappa shape index (κ3) is 7.13. The van der Waals surface area contributed by atoms with E-state index in [4.69, 9.17) is 9.47 Å². The molecule has 9 heteroatoms. The molecule has 182 valence electrons. The maximum atomic E-state index is 12.6. The quantitative estimate of drug-likeness (QED) is 0.524. The lowest BCUT2D eigenvalue weighted by Gasteiger charge is -2.32. The number of carbonyl (C=O) groups is 3. The molecule has 0 bridgehead atoms. The Hall–Kier alpha value is -3.75. The summed E-state index contributed by atoms with van der Waals surface area (Å²) in [6, 6.07) is 13.9. The van der Waals surface area contributed by atoms with Gasteiger partial charge in [0.05, 0.1) is 19.8 Å². The van der Waals surface area contributed by atoms with Gasteiger partial charge in [-0.2, -0.15) is 0 Å². The number of hydrogen-bond donors (Lipinski definition) is 3. The Balaban J connectivity index is 1.43. The monoisotopic (exact) mass is 468 g/mol. The molecule has 1 aliphatic heterocycles. The third-order valence-electron chi connectivity index (χ3n) is 5.42. The summed E-state index contributed by atoms with van der Waals surface area (Å²) in [5.41, 5.74) is 1.12. The van der Waals surface area contributed by atoms with Crippen LogP contribution in [0.25, 0.3) is 0 Å². The average Bonchev–Trinajstić information content (AvgIpc) is 2.84. The van der Waals surface area contributed by atoms with Gasteiger partial charge in [-0.25, -0.2) is 4.79 Å². The molecule has 0 aromatic heterocycles. The number of anilines is 1. The molecular formula is C25H32N4O5. The highest BCUT2D eigenvalue weighted by Gasteiger charge is 2.24.